The molecule has 1 amide bonds. The molecule has 190 valence electrons. The third-order valence-corrected chi connectivity index (χ3v) is 5.59. The Morgan fingerprint density at radius 1 is 0.833 bits per heavy atom. The van der Waals surface area contributed by atoms with E-state index in [-0.39, 0.29) is 24.8 Å². The number of hydrogen-bond acceptors (Lipinski definition) is 4. The van der Waals surface area contributed by atoms with Gasteiger partial charge in [-0.05, 0) is 72.4 Å². The van der Waals surface area contributed by atoms with E-state index in [9.17, 15) is 22.8 Å². The fourth-order valence-electron chi connectivity index (χ4n) is 3.52. The van der Waals surface area contributed by atoms with E-state index in [0.717, 1.165) is 48.1 Å². The first kappa shape index (κ1) is 26.8. The van der Waals surface area contributed by atoms with Gasteiger partial charge in [0.25, 0.3) is 5.91 Å². The van der Waals surface area contributed by atoms with Crippen molar-refractivity contribution in [1.29, 1.82) is 0 Å². The van der Waals surface area contributed by atoms with Crippen LogP contribution in [0.3, 0.4) is 0 Å². The number of ether oxygens (including phenoxy) is 2. The molecule has 0 spiro atoms. The Labute approximate surface area is 208 Å². The average Bonchev–Trinajstić information content (AvgIpc) is 2.88. The van der Waals surface area contributed by atoms with Crippen LogP contribution in [-0.4, -0.2) is 32.1 Å². The van der Waals surface area contributed by atoms with E-state index in [1.54, 1.807) is 24.3 Å². The maximum atomic E-state index is 12.7. The number of aryl methyl sites for hydroxylation is 1. The molecule has 0 aromatic heterocycles. The predicted octanol–water partition coefficient (Wildman–Crippen LogP) is 6.07. The van der Waals surface area contributed by atoms with Crippen molar-refractivity contribution >= 4 is 11.9 Å². The van der Waals surface area contributed by atoms with Crippen LogP contribution in [0.2, 0.25) is 0 Å². The van der Waals surface area contributed by atoms with Crippen LogP contribution in [0, 0.1) is 0 Å². The number of halogens is 3. The third kappa shape index (κ3) is 8.15. The average molecular weight is 500 g/mol. The number of benzene rings is 3. The normalized spacial score (nSPS) is 11.1. The van der Waals surface area contributed by atoms with Crippen LogP contribution >= 0.6 is 0 Å². The molecule has 0 aliphatic carbocycles. The van der Waals surface area contributed by atoms with Crippen molar-refractivity contribution in [3.05, 3.63) is 89.5 Å². The van der Waals surface area contributed by atoms with Crippen molar-refractivity contribution in [1.82, 2.24) is 5.32 Å². The zero-order valence-corrected chi connectivity index (χ0v) is 19.9. The van der Waals surface area contributed by atoms with Gasteiger partial charge in [-0.1, -0.05) is 36.4 Å². The minimum atomic E-state index is -4.33. The van der Waals surface area contributed by atoms with Gasteiger partial charge in [0.05, 0.1) is 25.7 Å². The number of amides is 1. The molecule has 8 heteroatoms. The SMILES string of the molecule is COC(=O)CCNC(=O)c1ccc(OCCCCc2ccc(-c3ccc(C(F)(F)F)cc3)cc2)cc1. The number of carbonyl (C=O) groups is 2. The first-order valence-electron chi connectivity index (χ1n) is 11.6. The molecule has 3 rings (SSSR count). The lowest BCUT2D eigenvalue weighted by molar-refractivity contribution is -0.140. The van der Waals surface area contributed by atoms with Crippen molar-refractivity contribution in [2.75, 3.05) is 20.3 Å². The Hall–Kier alpha value is -3.81. The summed E-state index contributed by atoms with van der Waals surface area (Å²) in [6.45, 7) is 0.746. The lowest BCUT2D eigenvalue weighted by Crippen LogP contribution is -2.26. The van der Waals surface area contributed by atoms with Gasteiger partial charge >= 0.3 is 12.1 Å². The maximum Gasteiger partial charge on any atom is 0.416 e. The molecule has 0 aliphatic rings. The number of nitrogens with one attached hydrogen (secondary N) is 1. The Morgan fingerprint density at radius 2 is 1.44 bits per heavy atom. The van der Waals surface area contributed by atoms with Gasteiger partial charge in [0.1, 0.15) is 5.75 Å². The molecular formula is C28H28F3NO4. The van der Waals surface area contributed by atoms with Gasteiger partial charge in [0.2, 0.25) is 0 Å². The van der Waals surface area contributed by atoms with Crippen LogP contribution < -0.4 is 10.1 Å². The molecule has 0 heterocycles. The molecule has 0 aliphatic heterocycles. The Kier molecular flexibility index (Phi) is 9.50. The molecular weight excluding hydrogens is 471 g/mol. The quantitative estimate of drug-likeness (QED) is 0.257. The number of rotatable bonds is 11. The molecule has 1 N–H and O–H groups in total. The maximum absolute atomic E-state index is 12.7. The van der Waals surface area contributed by atoms with E-state index in [1.807, 2.05) is 24.3 Å². The molecule has 0 unspecified atom stereocenters. The standard InChI is InChI=1S/C28H28F3NO4/c1-35-26(33)17-18-32-27(34)23-11-15-25(16-12-23)36-19-3-2-4-20-5-7-21(8-6-20)22-9-13-24(14-10-22)28(29,30)31/h5-16H,2-4,17-19H2,1H3,(H,32,34). The highest BCUT2D eigenvalue weighted by atomic mass is 19.4. The van der Waals surface area contributed by atoms with Gasteiger partial charge < -0.3 is 14.8 Å². The zero-order chi connectivity index (χ0) is 26.0. The second-order valence-corrected chi connectivity index (χ2v) is 8.18. The first-order chi connectivity index (χ1) is 17.3. The number of esters is 1. The summed E-state index contributed by atoms with van der Waals surface area (Å²) in [4.78, 5) is 23.2. The summed E-state index contributed by atoms with van der Waals surface area (Å²) in [6, 6.07) is 19.8. The largest absolute Gasteiger partial charge is 0.494 e. The van der Waals surface area contributed by atoms with E-state index in [0.29, 0.717) is 17.9 Å². The molecule has 0 fully saturated rings. The molecule has 36 heavy (non-hydrogen) atoms. The Bertz CT molecular complexity index is 1130. The van der Waals surface area contributed by atoms with Gasteiger partial charge in [-0.15, -0.1) is 0 Å². The molecule has 0 bridgehead atoms. The molecule has 0 radical (unpaired) electrons. The minimum absolute atomic E-state index is 0.118. The van der Waals surface area contributed by atoms with E-state index in [4.69, 9.17) is 4.74 Å². The summed E-state index contributed by atoms with van der Waals surface area (Å²) in [6.07, 6.45) is -1.59. The Morgan fingerprint density at radius 3 is 2.03 bits per heavy atom. The highest BCUT2D eigenvalue weighted by Gasteiger charge is 2.29. The minimum Gasteiger partial charge on any atom is -0.494 e. The number of hydrogen-bond donors (Lipinski definition) is 1. The molecule has 0 saturated carbocycles. The summed E-state index contributed by atoms with van der Waals surface area (Å²) in [5, 5.41) is 2.66. The molecule has 0 atom stereocenters. The van der Waals surface area contributed by atoms with Crippen LogP contribution in [-0.2, 0) is 22.1 Å². The second kappa shape index (κ2) is 12.8. The number of unbranched alkanes of at least 4 members (excludes halogenated alkanes) is 1. The monoisotopic (exact) mass is 499 g/mol. The molecule has 3 aromatic carbocycles. The summed E-state index contributed by atoms with van der Waals surface area (Å²) in [5.41, 5.74) is 2.59. The van der Waals surface area contributed by atoms with Gasteiger partial charge in [0, 0.05) is 12.1 Å². The van der Waals surface area contributed by atoms with Gasteiger partial charge in [0.15, 0.2) is 0 Å². The summed E-state index contributed by atoms with van der Waals surface area (Å²) in [5.74, 6) is 0.0195. The van der Waals surface area contributed by atoms with Gasteiger partial charge in [-0.2, -0.15) is 13.2 Å². The molecule has 0 saturated heterocycles. The third-order valence-electron chi connectivity index (χ3n) is 5.59. The van der Waals surface area contributed by atoms with Crippen LogP contribution in [0.25, 0.3) is 11.1 Å². The van der Waals surface area contributed by atoms with E-state index in [1.165, 1.54) is 19.2 Å². The number of methoxy groups -OCH3 is 1. The van der Waals surface area contributed by atoms with Gasteiger partial charge in [-0.3, -0.25) is 9.59 Å². The van der Waals surface area contributed by atoms with E-state index < -0.39 is 11.7 Å². The van der Waals surface area contributed by atoms with E-state index >= 15 is 0 Å². The smallest absolute Gasteiger partial charge is 0.416 e. The van der Waals surface area contributed by atoms with Crippen LogP contribution in [0.5, 0.6) is 5.75 Å². The van der Waals surface area contributed by atoms with E-state index in [2.05, 4.69) is 10.1 Å². The number of carbonyl (C=O) groups excluding carboxylic acids is 2. The zero-order valence-electron chi connectivity index (χ0n) is 19.9. The van der Waals surface area contributed by atoms with Crippen molar-refractivity contribution in [2.45, 2.75) is 31.9 Å². The van der Waals surface area contributed by atoms with Gasteiger partial charge in [-0.25, -0.2) is 0 Å². The first-order valence-corrected chi connectivity index (χ1v) is 11.6. The van der Waals surface area contributed by atoms with Crippen LogP contribution in [0.1, 0.15) is 40.7 Å². The van der Waals surface area contributed by atoms with Crippen LogP contribution in [0.4, 0.5) is 13.2 Å². The van der Waals surface area contributed by atoms with Crippen molar-refractivity contribution < 1.29 is 32.2 Å². The highest BCUT2D eigenvalue weighted by Crippen LogP contribution is 2.31. The van der Waals surface area contributed by atoms with Crippen molar-refractivity contribution in [3.8, 4) is 16.9 Å². The summed E-state index contributed by atoms with van der Waals surface area (Å²) < 4.78 is 48.4. The molecule has 3 aromatic rings. The summed E-state index contributed by atoms with van der Waals surface area (Å²) >= 11 is 0. The fraction of sp³-hybridized carbons (Fsp3) is 0.286. The van der Waals surface area contributed by atoms with Crippen LogP contribution in [0.15, 0.2) is 72.8 Å². The lowest BCUT2D eigenvalue weighted by atomic mass is 10.0. The number of alkyl halides is 3. The highest BCUT2D eigenvalue weighted by molar-refractivity contribution is 5.94. The lowest BCUT2D eigenvalue weighted by Gasteiger charge is -2.09. The summed E-state index contributed by atoms with van der Waals surface area (Å²) in [7, 11) is 1.30. The van der Waals surface area contributed by atoms with Crippen molar-refractivity contribution in [2.24, 2.45) is 0 Å². The fourth-order valence-corrected chi connectivity index (χ4v) is 3.52. The predicted molar refractivity (Wildman–Crippen MR) is 131 cm³/mol. The second-order valence-electron chi connectivity index (χ2n) is 8.18. The van der Waals surface area contributed by atoms with Crippen molar-refractivity contribution in [3.63, 3.8) is 0 Å². The topological polar surface area (TPSA) is 64.6 Å². The molecule has 5 nitrogen and oxygen atoms in total. The Balaban J connectivity index is 1.37.